The maximum Gasteiger partial charge on any atom is 0.339 e. The van der Waals surface area contributed by atoms with E-state index >= 15 is 0 Å². The van der Waals surface area contributed by atoms with Gasteiger partial charge in [0.05, 0.1) is 5.69 Å². The molecule has 0 saturated carbocycles. The van der Waals surface area contributed by atoms with E-state index in [2.05, 4.69) is 22.0 Å². The molecule has 0 aliphatic carbocycles. The highest BCUT2D eigenvalue weighted by Gasteiger charge is 2.25. The van der Waals surface area contributed by atoms with Crippen LogP contribution in [0.4, 0.5) is 5.82 Å². The molecule has 5 heteroatoms. The number of aromatic nitrogens is 2. The fraction of sp³-hybridized carbons (Fsp3) is 0.643. The SMILES string of the molecule is CCC1CCN(c2nnc(C)c(C)c2C(=O)O)CC1. The summed E-state index contributed by atoms with van der Waals surface area (Å²) in [7, 11) is 0. The number of anilines is 1. The van der Waals surface area contributed by atoms with Gasteiger partial charge in [-0.25, -0.2) is 4.79 Å². The number of carboxylic acids is 1. The van der Waals surface area contributed by atoms with Gasteiger partial charge in [0.2, 0.25) is 0 Å². The number of aryl methyl sites for hydroxylation is 1. The third kappa shape index (κ3) is 2.69. The van der Waals surface area contributed by atoms with Crippen molar-refractivity contribution in [2.75, 3.05) is 18.0 Å². The van der Waals surface area contributed by atoms with E-state index in [1.54, 1.807) is 13.8 Å². The van der Waals surface area contributed by atoms with Crippen molar-refractivity contribution >= 4 is 11.8 Å². The topological polar surface area (TPSA) is 66.3 Å². The van der Waals surface area contributed by atoms with Gasteiger partial charge in [-0.1, -0.05) is 13.3 Å². The summed E-state index contributed by atoms with van der Waals surface area (Å²) in [6.07, 6.45) is 3.40. The van der Waals surface area contributed by atoms with Crippen LogP contribution in [0.2, 0.25) is 0 Å². The summed E-state index contributed by atoms with van der Waals surface area (Å²) in [6.45, 7) is 7.54. The standard InChI is InChI=1S/C14H21N3O2/c1-4-11-5-7-17(8-6-11)13-12(14(18)19)9(2)10(3)15-16-13/h11H,4-8H2,1-3H3,(H,18,19). The lowest BCUT2D eigenvalue weighted by Gasteiger charge is -2.33. The molecule has 2 rings (SSSR count). The van der Waals surface area contributed by atoms with Crippen molar-refractivity contribution in [3.63, 3.8) is 0 Å². The number of carboxylic acid groups (broad SMARTS) is 1. The van der Waals surface area contributed by atoms with Crippen LogP contribution in [0, 0.1) is 19.8 Å². The second kappa shape index (κ2) is 5.55. The van der Waals surface area contributed by atoms with Crippen LogP contribution in [-0.4, -0.2) is 34.4 Å². The molecule has 0 bridgehead atoms. The van der Waals surface area contributed by atoms with Gasteiger partial charge in [-0.15, -0.1) is 5.10 Å². The zero-order valence-electron chi connectivity index (χ0n) is 11.8. The second-order valence-corrected chi connectivity index (χ2v) is 5.25. The van der Waals surface area contributed by atoms with E-state index in [9.17, 15) is 9.90 Å². The Labute approximate surface area is 113 Å². The van der Waals surface area contributed by atoms with Crippen molar-refractivity contribution in [1.29, 1.82) is 0 Å². The van der Waals surface area contributed by atoms with Crippen LogP contribution in [0.5, 0.6) is 0 Å². The Morgan fingerprint density at radius 2 is 1.95 bits per heavy atom. The molecule has 0 radical (unpaired) electrons. The highest BCUT2D eigenvalue weighted by Crippen LogP contribution is 2.27. The van der Waals surface area contributed by atoms with Crippen LogP contribution < -0.4 is 4.90 Å². The minimum absolute atomic E-state index is 0.308. The molecule has 0 spiro atoms. The molecule has 0 atom stereocenters. The van der Waals surface area contributed by atoms with E-state index in [0.717, 1.165) is 37.4 Å². The molecule has 5 nitrogen and oxygen atoms in total. The fourth-order valence-corrected chi connectivity index (χ4v) is 2.63. The van der Waals surface area contributed by atoms with Gasteiger partial charge in [0, 0.05) is 13.1 Å². The highest BCUT2D eigenvalue weighted by atomic mass is 16.4. The lowest BCUT2D eigenvalue weighted by Crippen LogP contribution is -2.35. The number of piperidine rings is 1. The van der Waals surface area contributed by atoms with Gasteiger partial charge < -0.3 is 10.0 Å². The van der Waals surface area contributed by atoms with Crippen molar-refractivity contribution in [2.45, 2.75) is 40.0 Å². The van der Waals surface area contributed by atoms with Crippen molar-refractivity contribution in [3.8, 4) is 0 Å². The molecule has 1 N–H and O–H groups in total. The van der Waals surface area contributed by atoms with Gasteiger partial charge in [0.25, 0.3) is 0 Å². The van der Waals surface area contributed by atoms with E-state index in [4.69, 9.17) is 0 Å². The van der Waals surface area contributed by atoms with E-state index < -0.39 is 5.97 Å². The largest absolute Gasteiger partial charge is 0.478 e. The van der Waals surface area contributed by atoms with Crippen LogP contribution in [-0.2, 0) is 0 Å². The Hall–Kier alpha value is -1.65. The second-order valence-electron chi connectivity index (χ2n) is 5.25. The highest BCUT2D eigenvalue weighted by molar-refractivity contribution is 5.95. The number of carbonyl (C=O) groups is 1. The van der Waals surface area contributed by atoms with Crippen LogP contribution in [0.15, 0.2) is 0 Å². The third-order valence-corrected chi connectivity index (χ3v) is 4.14. The zero-order valence-corrected chi connectivity index (χ0v) is 11.8. The van der Waals surface area contributed by atoms with E-state index in [0.29, 0.717) is 17.1 Å². The zero-order chi connectivity index (χ0) is 14.0. The van der Waals surface area contributed by atoms with E-state index in [-0.39, 0.29) is 0 Å². The van der Waals surface area contributed by atoms with Crippen molar-refractivity contribution in [2.24, 2.45) is 5.92 Å². The summed E-state index contributed by atoms with van der Waals surface area (Å²) in [4.78, 5) is 13.5. The number of hydrogen-bond donors (Lipinski definition) is 1. The molecule has 1 aliphatic heterocycles. The van der Waals surface area contributed by atoms with Gasteiger partial charge in [-0.2, -0.15) is 5.10 Å². The summed E-state index contributed by atoms with van der Waals surface area (Å²) < 4.78 is 0. The summed E-state index contributed by atoms with van der Waals surface area (Å²) in [6, 6.07) is 0. The van der Waals surface area contributed by atoms with Crippen molar-refractivity contribution in [3.05, 3.63) is 16.8 Å². The molecule has 104 valence electrons. The van der Waals surface area contributed by atoms with Crippen molar-refractivity contribution in [1.82, 2.24) is 10.2 Å². The van der Waals surface area contributed by atoms with Gasteiger partial charge >= 0.3 is 5.97 Å². The number of nitrogens with zero attached hydrogens (tertiary/aromatic N) is 3. The van der Waals surface area contributed by atoms with Gasteiger partial charge in [0.1, 0.15) is 5.56 Å². The van der Waals surface area contributed by atoms with Crippen molar-refractivity contribution < 1.29 is 9.90 Å². The Kier molecular flexibility index (Phi) is 4.02. The predicted molar refractivity (Wildman–Crippen MR) is 73.7 cm³/mol. The van der Waals surface area contributed by atoms with Crippen LogP contribution in [0.3, 0.4) is 0 Å². The Morgan fingerprint density at radius 1 is 1.32 bits per heavy atom. The maximum absolute atomic E-state index is 11.5. The average molecular weight is 263 g/mol. The first-order valence-electron chi connectivity index (χ1n) is 6.86. The monoisotopic (exact) mass is 263 g/mol. The molecule has 1 fully saturated rings. The summed E-state index contributed by atoms with van der Waals surface area (Å²) in [5.74, 6) is 0.373. The average Bonchev–Trinajstić information content (AvgIpc) is 2.41. The van der Waals surface area contributed by atoms with Gasteiger partial charge in [0.15, 0.2) is 5.82 Å². The van der Waals surface area contributed by atoms with E-state index in [1.165, 1.54) is 6.42 Å². The van der Waals surface area contributed by atoms with Gasteiger partial charge in [-0.3, -0.25) is 0 Å². The quantitative estimate of drug-likeness (QED) is 0.907. The molecule has 1 aliphatic rings. The van der Waals surface area contributed by atoms with Crippen LogP contribution >= 0.6 is 0 Å². The Morgan fingerprint density at radius 3 is 2.47 bits per heavy atom. The molecular weight excluding hydrogens is 242 g/mol. The molecule has 0 aromatic carbocycles. The molecule has 2 heterocycles. The lowest BCUT2D eigenvalue weighted by molar-refractivity contribution is 0.0696. The van der Waals surface area contributed by atoms with Gasteiger partial charge in [-0.05, 0) is 38.2 Å². The molecule has 1 aromatic rings. The lowest BCUT2D eigenvalue weighted by atomic mass is 9.94. The summed E-state index contributed by atoms with van der Waals surface area (Å²) >= 11 is 0. The number of hydrogen-bond acceptors (Lipinski definition) is 4. The normalized spacial score (nSPS) is 16.7. The first-order chi connectivity index (χ1) is 9.04. The Bertz CT molecular complexity index is 480. The molecule has 0 unspecified atom stereocenters. The summed E-state index contributed by atoms with van der Waals surface area (Å²) in [5, 5.41) is 17.6. The molecule has 0 amide bonds. The fourth-order valence-electron chi connectivity index (χ4n) is 2.63. The molecule has 1 saturated heterocycles. The molecule has 1 aromatic heterocycles. The first-order valence-corrected chi connectivity index (χ1v) is 6.86. The first kappa shape index (κ1) is 13.8. The molecular formula is C14H21N3O2. The molecule has 19 heavy (non-hydrogen) atoms. The minimum atomic E-state index is -0.914. The van der Waals surface area contributed by atoms with Crippen LogP contribution in [0.1, 0.15) is 47.8 Å². The third-order valence-electron chi connectivity index (χ3n) is 4.14. The Balaban J connectivity index is 2.30. The number of rotatable bonds is 3. The van der Waals surface area contributed by atoms with E-state index in [1.807, 2.05) is 0 Å². The smallest absolute Gasteiger partial charge is 0.339 e. The predicted octanol–water partition coefficient (Wildman–Crippen LogP) is 2.42. The van der Waals surface area contributed by atoms with Crippen LogP contribution in [0.25, 0.3) is 0 Å². The summed E-state index contributed by atoms with van der Waals surface area (Å²) in [5.41, 5.74) is 1.71. The minimum Gasteiger partial charge on any atom is -0.478 e. The number of aromatic carboxylic acids is 1. The maximum atomic E-state index is 11.5.